The number of aromatic amines is 1. The number of amides is 1. The first-order valence-corrected chi connectivity index (χ1v) is 8.59. The van der Waals surface area contributed by atoms with Gasteiger partial charge in [-0.2, -0.15) is 0 Å². The predicted molar refractivity (Wildman–Crippen MR) is 98.4 cm³/mol. The summed E-state index contributed by atoms with van der Waals surface area (Å²) in [6, 6.07) is 15.1. The summed E-state index contributed by atoms with van der Waals surface area (Å²) >= 11 is 0. The summed E-state index contributed by atoms with van der Waals surface area (Å²) in [6.07, 6.45) is 2.09. The Morgan fingerprint density at radius 3 is 2.58 bits per heavy atom. The van der Waals surface area contributed by atoms with E-state index < -0.39 is 0 Å². The summed E-state index contributed by atoms with van der Waals surface area (Å²) in [4.78, 5) is 20.4. The molecule has 4 heteroatoms. The molecule has 24 heavy (non-hydrogen) atoms. The Kier molecular flexibility index (Phi) is 3.77. The van der Waals surface area contributed by atoms with Crippen molar-refractivity contribution in [2.24, 2.45) is 0 Å². The predicted octanol–water partition coefficient (Wildman–Crippen LogP) is 3.49. The fraction of sp³-hybridized carbons (Fsp3) is 0.350. The molecular weight excluding hydrogens is 298 g/mol. The van der Waals surface area contributed by atoms with Gasteiger partial charge in [0.2, 0.25) is 0 Å². The van der Waals surface area contributed by atoms with Crippen LogP contribution in [0, 0.1) is 0 Å². The van der Waals surface area contributed by atoms with E-state index >= 15 is 0 Å². The lowest BCUT2D eigenvalue weighted by atomic mass is 10.0. The first-order chi connectivity index (χ1) is 11.6. The lowest BCUT2D eigenvalue weighted by Crippen LogP contribution is -2.44. The summed E-state index contributed by atoms with van der Waals surface area (Å²) in [5.74, 6) is 0.118. The van der Waals surface area contributed by atoms with Gasteiger partial charge in [-0.05, 0) is 49.8 Å². The monoisotopic (exact) mass is 321 g/mol. The van der Waals surface area contributed by atoms with E-state index in [-0.39, 0.29) is 5.91 Å². The number of carbonyl (C=O) groups excluding carboxylic acids is 1. The molecule has 4 nitrogen and oxygen atoms in total. The van der Waals surface area contributed by atoms with Gasteiger partial charge in [-0.1, -0.05) is 30.3 Å². The van der Waals surface area contributed by atoms with Crippen LogP contribution in [-0.2, 0) is 0 Å². The number of nitrogens with one attached hydrogen (secondary N) is 1. The minimum atomic E-state index is 0.118. The minimum absolute atomic E-state index is 0.118. The van der Waals surface area contributed by atoms with Gasteiger partial charge in [-0.15, -0.1) is 0 Å². The first-order valence-electron chi connectivity index (χ1n) is 8.59. The van der Waals surface area contributed by atoms with Crippen molar-refractivity contribution < 1.29 is 4.79 Å². The molecule has 1 aliphatic heterocycles. The Labute approximate surface area is 142 Å². The largest absolute Gasteiger partial charge is 0.351 e. The van der Waals surface area contributed by atoms with Crippen molar-refractivity contribution in [3.63, 3.8) is 0 Å². The molecule has 2 aromatic carbocycles. The van der Waals surface area contributed by atoms with Gasteiger partial charge in [0.1, 0.15) is 5.69 Å². The Bertz CT molecular complexity index is 888. The summed E-state index contributed by atoms with van der Waals surface area (Å²) in [5, 5.41) is 3.52. The van der Waals surface area contributed by atoms with Crippen molar-refractivity contribution in [2.75, 3.05) is 27.2 Å². The number of benzene rings is 2. The standard InChI is InChI=1S/C20H23N3O/c1-22(2)15-9-11-23(12-10-15)20(24)19-13-17-16-6-4-3-5-14(16)7-8-18(17)21-19/h3-8,13,15,21H,9-12H2,1-2H3. The summed E-state index contributed by atoms with van der Waals surface area (Å²) in [5.41, 5.74) is 1.73. The van der Waals surface area contributed by atoms with Crippen molar-refractivity contribution in [1.29, 1.82) is 0 Å². The van der Waals surface area contributed by atoms with Crippen molar-refractivity contribution in [3.05, 3.63) is 48.2 Å². The number of fused-ring (bicyclic) bond motifs is 3. The molecule has 1 fully saturated rings. The highest BCUT2D eigenvalue weighted by Gasteiger charge is 2.25. The van der Waals surface area contributed by atoms with E-state index in [0.29, 0.717) is 11.7 Å². The van der Waals surface area contributed by atoms with E-state index in [9.17, 15) is 4.79 Å². The molecule has 0 atom stereocenters. The molecular formula is C20H23N3O. The number of piperidine rings is 1. The lowest BCUT2D eigenvalue weighted by molar-refractivity contribution is 0.0658. The van der Waals surface area contributed by atoms with Gasteiger partial charge in [0.25, 0.3) is 5.91 Å². The van der Waals surface area contributed by atoms with Crippen LogP contribution in [0.3, 0.4) is 0 Å². The van der Waals surface area contributed by atoms with Crippen LogP contribution in [0.4, 0.5) is 0 Å². The zero-order valence-corrected chi connectivity index (χ0v) is 14.2. The molecule has 0 unspecified atom stereocenters. The first kappa shape index (κ1) is 15.2. The third kappa shape index (κ3) is 2.57. The van der Waals surface area contributed by atoms with Crippen molar-refractivity contribution in [1.82, 2.24) is 14.8 Å². The second kappa shape index (κ2) is 5.95. The molecule has 1 aromatic heterocycles. The Morgan fingerprint density at radius 2 is 1.83 bits per heavy atom. The van der Waals surface area contributed by atoms with Gasteiger partial charge in [0.15, 0.2) is 0 Å². The van der Waals surface area contributed by atoms with Crippen LogP contribution < -0.4 is 0 Å². The minimum Gasteiger partial charge on any atom is -0.351 e. The van der Waals surface area contributed by atoms with Gasteiger partial charge in [0, 0.05) is 30.0 Å². The van der Waals surface area contributed by atoms with E-state index in [1.807, 2.05) is 23.1 Å². The van der Waals surface area contributed by atoms with Crippen LogP contribution in [0.25, 0.3) is 21.7 Å². The van der Waals surface area contributed by atoms with Crippen LogP contribution in [0.2, 0.25) is 0 Å². The molecule has 2 heterocycles. The molecule has 4 rings (SSSR count). The smallest absolute Gasteiger partial charge is 0.270 e. The number of nitrogens with zero attached hydrogens (tertiary/aromatic N) is 2. The maximum absolute atomic E-state index is 12.9. The van der Waals surface area contributed by atoms with Crippen LogP contribution in [0.1, 0.15) is 23.3 Å². The normalized spacial score (nSPS) is 16.4. The molecule has 1 aliphatic rings. The van der Waals surface area contributed by atoms with Gasteiger partial charge in [0.05, 0.1) is 0 Å². The maximum atomic E-state index is 12.9. The van der Waals surface area contributed by atoms with Crippen molar-refractivity contribution >= 4 is 27.6 Å². The summed E-state index contributed by atoms with van der Waals surface area (Å²) in [6.45, 7) is 1.66. The number of aromatic nitrogens is 1. The number of carbonyl (C=O) groups is 1. The highest BCUT2D eigenvalue weighted by molar-refractivity contribution is 6.09. The number of hydrogen-bond acceptors (Lipinski definition) is 2. The van der Waals surface area contributed by atoms with Crippen LogP contribution >= 0.6 is 0 Å². The van der Waals surface area contributed by atoms with E-state index in [0.717, 1.165) is 36.8 Å². The molecule has 124 valence electrons. The topological polar surface area (TPSA) is 39.3 Å². The highest BCUT2D eigenvalue weighted by Crippen LogP contribution is 2.27. The highest BCUT2D eigenvalue weighted by atomic mass is 16.2. The van der Waals surface area contributed by atoms with Crippen LogP contribution in [0.5, 0.6) is 0 Å². The zero-order chi connectivity index (χ0) is 16.7. The molecule has 1 N–H and O–H groups in total. The van der Waals surface area contributed by atoms with Gasteiger partial charge in [-0.3, -0.25) is 4.79 Å². The average molecular weight is 321 g/mol. The fourth-order valence-electron chi connectivity index (χ4n) is 3.76. The fourth-order valence-corrected chi connectivity index (χ4v) is 3.76. The molecule has 0 radical (unpaired) electrons. The Morgan fingerprint density at radius 1 is 1.08 bits per heavy atom. The SMILES string of the molecule is CN(C)C1CCN(C(=O)c2cc3c(ccc4ccccc43)[nH]2)CC1. The number of likely N-dealkylation sites (tertiary alicyclic amines) is 1. The maximum Gasteiger partial charge on any atom is 0.270 e. The zero-order valence-electron chi connectivity index (χ0n) is 14.2. The van der Waals surface area contributed by atoms with E-state index in [2.05, 4.69) is 48.2 Å². The average Bonchev–Trinajstić information content (AvgIpc) is 3.06. The number of rotatable bonds is 2. The van der Waals surface area contributed by atoms with Gasteiger partial charge < -0.3 is 14.8 Å². The second-order valence-electron chi connectivity index (χ2n) is 6.92. The number of H-pyrrole nitrogens is 1. The third-order valence-electron chi connectivity index (χ3n) is 5.24. The van der Waals surface area contributed by atoms with Crippen LogP contribution in [-0.4, -0.2) is 53.9 Å². The van der Waals surface area contributed by atoms with Crippen molar-refractivity contribution in [3.8, 4) is 0 Å². The molecule has 1 amide bonds. The Hall–Kier alpha value is -2.33. The van der Waals surface area contributed by atoms with E-state index in [1.165, 1.54) is 10.8 Å². The molecule has 3 aromatic rings. The quantitative estimate of drug-likeness (QED) is 0.785. The second-order valence-corrected chi connectivity index (χ2v) is 6.92. The lowest BCUT2D eigenvalue weighted by Gasteiger charge is -2.35. The van der Waals surface area contributed by atoms with Gasteiger partial charge in [-0.25, -0.2) is 0 Å². The summed E-state index contributed by atoms with van der Waals surface area (Å²) in [7, 11) is 4.23. The van der Waals surface area contributed by atoms with Crippen LogP contribution in [0.15, 0.2) is 42.5 Å². The third-order valence-corrected chi connectivity index (χ3v) is 5.24. The Balaban J connectivity index is 1.62. The van der Waals surface area contributed by atoms with Gasteiger partial charge >= 0.3 is 0 Å². The molecule has 0 spiro atoms. The van der Waals surface area contributed by atoms with E-state index in [1.54, 1.807) is 0 Å². The molecule has 1 saturated heterocycles. The molecule has 0 aliphatic carbocycles. The van der Waals surface area contributed by atoms with Crippen molar-refractivity contribution in [2.45, 2.75) is 18.9 Å². The number of hydrogen-bond donors (Lipinski definition) is 1. The summed E-state index contributed by atoms with van der Waals surface area (Å²) < 4.78 is 0. The molecule has 0 saturated carbocycles. The molecule has 0 bridgehead atoms. The van der Waals surface area contributed by atoms with E-state index in [4.69, 9.17) is 0 Å².